The second-order valence-electron chi connectivity index (χ2n) is 31.9. The van der Waals surface area contributed by atoms with Crippen LogP contribution in [0.25, 0.3) is 0 Å². The molecule has 2 aromatic carbocycles. The number of rotatable bonds is 18. The van der Waals surface area contributed by atoms with Gasteiger partial charge in [0.05, 0.1) is 28.8 Å². The number of imide groups is 2. The number of hydrogen-bond acceptors (Lipinski definition) is 4. The smallest absolute Gasteiger partial charge is 0.261 e. The van der Waals surface area contributed by atoms with Crippen LogP contribution in [0.2, 0.25) is 0 Å². The molecule has 0 spiro atoms. The fourth-order valence-corrected chi connectivity index (χ4v) is 18.4. The lowest BCUT2D eigenvalue weighted by Crippen LogP contribution is -3.00. The molecule has 18 unspecified atom stereocenters. The van der Waals surface area contributed by atoms with Crippen LogP contribution in [0.1, 0.15) is 220 Å². The third-order valence-electron chi connectivity index (χ3n) is 23.5. The molecule has 87 heavy (non-hydrogen) atoms. The van der Waals surface area contributed by atoms with E-state index >= 15 is 0 Å². The molecule has 0 radical (unpaired) electrons. The number of hydrogen-bond donors (Lipinski definition) is 1. The van der Waals surface area contributed by atoms with Gasteiger partial charge in [0.2, 0.25) is 0 Å². The van der Waals surface area contributed by atoms with E-state index in [-0.39, 0.29) is 47.4 Å². The number of amides is 4. The van der Waals surface area contributed by atoms with Gasteiger partial charge >= 0.3 is 0 Å². The lowest BCUT2D eigenvalue weighted by molar-refractivity contribution is -0.380. The maximum Gasteiger partial charge on any atom is 0.261 e. The zero-order chi connectivity index (χ0) is 62.4. The monoisotopic (exact) mass is 1210 g/mol. The average Bonchev–Trinajstić information content (AvgIpc) is 1.77. The predicted molar refractivity (Wildman–Crippen MR) is 357 cm³/mol. The third-order valence-corrected chi connectivity index (χ3v) is 23.5. The van der Waals surface area contributed by atoms with Crippen molar-refractivity contribution >= 4 is 23.6 Å². The Bertz CT molecular complexity index is 2700. The van der Waals surface area contributed by atoms with Crippen LogP contribution in [-0.4, -0.2) is 53.1 Å². The van der Waals surface area contributed by atoms with Crippen LogP contribution < -0.4 is 18.1 Å². The molecule has 0 aromatic heterocycles. The molecular weight excluding hydrogens is 1090 g/mol. The molecule has 8 heteroatoms. The van der Waals surface area contributed by atoms with Gasteiger partial charge in [-0.15, -0.1) is 26.3 Å². The highest BCUT2D eigenvalue weighted by atomic mass is 35.5. The van der Waals surface area contributed by atoms with Crippen LogP contribution in [0.5, 0.6) is 0 Å². The van der Waals surface area contributed by atoms with Gasteiger partial charge < -0.3 is 18.1 Å². The van der Waals surface area contributed by atoms with Crippen LogP contribution in [-0.2, 0) is 0 Å². The minimum absolute atomic E-state index is 0. The minimum Gasteiger partial charge on any atom is -1.00 e. The largest absolute Gasteiger partial charge is 1.00 e. The van der Waals surface area contributed by atoms with E-state index in [0.717, 1.165) is 66.7 Å². The highest BCUT2D eigenvalue weighted by Gasteiger charge is 2.46. The van der Waals surface area contributed by atoms with Gasteiger partial charge in [-0.05, 0) is 225 Å². The molecule has 2 heterocycles. The standard InChI is InChI=1S/C29H43NO2.C29H37NO2.C21H35N.ClH/c2*1-6-19-14-22(13-12-20-16-21(7-2)26(17-20)29(3,4)5)23(15-19)18-30-27(31)24-10-8-9-11-25(24)28(30)32;1-6-15-10-18(19(11-15)14-22)9-8-16-12-17(7-2)20(13-16)21(3,4)5;/h8-11,19-23,26H,6-7,12-18H2,1-5H3;6-13,19-23,26H,1-2,14-18H2,3-5H3;6-9,15-20H,1-2,10-14,22H2,3-5H3;1H/b;13-12-;9-8-;. The van der Waals surface area contributed by atoms with Crippen LogP contribution in [0, 0.1) is 123 Å². The first-order chi connectivity index (χ1) is 40.8. The van der Waals surface area contributed by atoms with Crippen molar-refractivity contribution in [1.82, 2.24) is 9.80 Å². The molecule has 6 saturated carbocycles. The van der Waals surface area contributed by atoms with Crippen molar-refractivity contribution in [2.45, 2.75) is 179 Å². The summed E-state index contributed by atoms with van der Waals surface area (Å²) in [6, 6.07) is 14.5. The Kier molecular flexibility index (Phi) is 24.1. The Labute approximate surface area is 534 Å². The summed E-state index contributed by atoms with van der Waals surface area (Å²) in [4.78, 5) is 54.6. The van der Waals surface area contributed by atoms with Gasteiger partial charge in [0, 0.05) is 19.0 Å². The van der Waals surface area contributed by atoms with E-state index < -0.39 is 0 Å². The Balaban J connectivity index is 0.000000189. The zero-order valence-electron chi connectivity index (χ0n) is 56.0. The third kappa shape index (κ3) is 16.5. The van der Waals surface area contributed by atoms with E-state index in [1.807, 2.05) is 30.3 Å². The summed E-state index contributed by atoms with van der Waals surface area (Å²) >= 11 is 0. The molecule has 6 aliphatic carbocycles. The highest BCUT2D eigenvalue weighted by Crippen LogP contribution is 2.52. The molecule has 0 bridgehead atoms. The predicted octanol–water partition coefficient (Wildman–Crippen LogP) is 15.2. The summed E-state index contributed by atoms with van der Waals surface area (Å²) in [6.45, 7) is 44.4. The van der Waals surface area contributed by atoms with Crippen molar-refractivity contribution in [2.24, 2.45) is 123 Å². The summed E-state index contributed by atoms with van der Waals surface area (Å²) < 4.78 is 0. The fourth-order valence-electron chi connectivity index (χ4n) is 18.4. The van der Waals surface area contributed by atoms with Crippen molar-refractivity contribution in [3.05, 3.63) is 146 Å². The first-order valence-electron chi connectivity index (χ1n) is 34.4. The Morgan fingerprint density at radius 2 is 0.805 bits per heavy atom. The molecule has 4 amide bonds. The van der Waals surface area contributed by atoms with Gasteiger partial charge in [-0.2, -0.15) is 0 Å². The lowest BCUT2D eigenvalue weighted by atomic mass is 9.74. The van der Waals surface area contributed by atoms with Gasteiger partial charge in [-0.1, -0.05) is 168 Å². The van der Waals surface area contributed by atoms with E-state index in [1.165, 1.54) is 94.8 Å². The molecule has 8 aliphatic rings. The quantitative estimate of drug-likeness (QED) is 0.119. The number of quaternary nitrogens is 1. The number of fused-ring (bicyclic) bond motifs is 2. The fraction of sp³-hybridized carbons (Fsp3) is 0.646. The molecule has 10 rings (SSSR count). The summed E-state index contributed by atoms with van der Waals surface area (Å²) in [6.07, 6.45) is 38.3. The first kappa shape index (κ1) is 69.9. The van der Waals surface area contributed by atoms with Crippen molar-refractivity contribution in [3.8, 4) is 0 Å². The maximum atomic E-state index is 12.9. The Morgan fingerprint density at radius 3 is 1.17 bits per heavy atom. The molecule has 2 aromatic rings. The van der Waals surface area contributed by atoms with Gasteiger partial charge in [0.25, 0.3) is 23.6 Å². The molecule has 2 aliphatic heterocycles. The minimum atomic E-state index is -0.145. The average molecular weight is 1210 g/mol. The maximum absolute atomic E-state index is 12.9. The molecule has 0 saturated heterocycles. The van der Waals surface area contributed by atoms with E-state index in [9.17, 15) is 19.2 Å². The van der Waals surface area contributed by atoms with E-state index in [4.69, 9.17) is 0 Å². The summed E-state index contributed by atoms with van der Waals surface area (Å²) in [5.41, 5.74) is 7.49. The molecule has 18 atom stereocenters. The van der Waals surface area contributed by atoms with Crippen molar-refractivity contribution < 1.29 is 37.3 Å². The molecule has 3 N–H and O–H groups in total. The summed E-state index contributed by atoms with van der Waals surface area (Å²) in [7, 11) is 0. The van der Waals surface area contributed by atoms with Gasteiger partial charge in [0.15, 0.2) is 0 Å². The summed E-state index contributed by atoms with van der Waals surface area (Å²) in [5, 5.41) is 0. The highest BCUT2D eigenvalue weighted by molar-refractivity contribution is 6.22. The second-order valence-corrected chi connectivity index (χ2v) is 31.9. The number of nitrogens with zero attached hydrogens (tertiary/aromatic N) is 2. The van der Waals surface area contributed by atoms with Crippen molar-refractivity contribution in [2.75, 3.05) is 19.6 Å². The van der Waals surface area contributed by atoms with E-state index in [0.29, 0.717) is 99.4 Å². The molecule has 6 fully saturated rings. The molecular formula is C79H116ClN3O4. The number of carbonyl (C=O) groups is 4. The number of benzene rings is 2. The van der Waals surface area contributed by atoms with Gasteiger partial charge in [-0.25, -0.2) is 0 Å². The number of halogens is 1. The van der Waals surface area contributed by atoms with E-state index in [1.54, 1.807) is 29.2 Å². The van der Waals surface area contributed by atoms with Gasteiger partial charge in [-0.3, -0.25) is 29.0 Å². The second kappa shape index (κ2) is 30.0. The molecule has 478 valence electrons. The zero-order valence-corrected chi connectivity index (χ0v) is 56.8. The molecule has 7 nitrogen and oxygen atoms in total. The Morgan fingerprint density at radius 1 is 0.414 bits per heavy atom. The number of carbonyl (C=O) groups excluding carboxylic acids is 4. The van der Waals surface area contributed by atoms with Crippen LogP contribution in [0.15, 0.2) is 123 Å². The topological polar surface area (TPSA) is 102 Å². The lowest BCUT2D eigenvalue weighted by Gasteiger charge is -2.32. The summed E-state index contributed by atoms with van der Waals surface area (Å²) in [5.74, 6) is 11.2. The van der Waals surface area contributed by atoms with Crippen LogP contribution in [0.4, 0.5) is 0 Å². The normalized spacial score (nSPS) is 34.0. The van der Waals surface area contributed by atoms with Crippen molar-refractivity contribution in [3.63, 3.8) is 0 Å². The van der Waals surface area contributed by atoms with Crippen LogP contribution >= 0.6 is 0 Å². The SMILES string of the molecule is C=CC1CC(/C=C\C2CC(C=C)C(C(C)(C)C)C2)C(CN2C(=O)c3ccccc3C2=O)C1.C=CC1CC(/C=C\C2CC(C=C)C(C(C)(C)C)C2)C(C[NH3+])C1.CCC1CC(CCC2CC(CC)C(C(C)(C)C)C2)C(CN2C(=O)c3ccccc3C2=O)C1.[Cl-]. The van der Waals surface area contributed by atoms with Gasteiger partial charge in [0.1, 0.15) is 0 Å². The van der Waals surface area contributed by atoms with Crippen LogP contribution in [0.3, 0.4) is 0 Å². The Hall–Kier alpha value is -4.59. The van der Waals surface area contributed by atoms with Crippen molar-refractivity contribution in [1.29, 1.82) is 0 Å². The van der Waals surface area contributed by atoms with E-state index in [2.05, 4.69) is 151 Å². The number of allylic oxidation sites excluding steroid dienone is 8. The first-order valence-corrected chi connectivity index (χ1v) is 34.4.